The largest absolute Gasteiger partial charge is 0.465 e. The normalized spacial score (nSPS) is 13.7. The van der Waals surface area contributed by atoms with Crippen LogP contribution in [0.2, 0.25) is 0 Å². The maximum absolute atomic E-state index is 10.6. The average molecular weight is 266 g/mol. The molecule has 0 bridgehead atoms. The molecule has 1 unspecified atom stereocenters. The van der Waals surface area contributed by atoms with Gasteiger partial charge in [0, 0.05) is 11.4 Å². The lowest BCUT2D eigenvalue weighted by Gasteiger charge is -2.30. The second kappa shape index (κ2) is 6.27. The first kappa shape index (κ1) is 13.8. The van der Waals surface area contributed by atoms with E-state index in [0.29, 0.717) is 0 Å². The second-order valence-corrected chi connectivity index (χ2v) is 5.35. The molecular weight excluding hydrogens is 246 g/mol. The van der Waals surface area contributed by atoms with E-state index in [1.165, 1.54) is 0 Å². The van der Waals surface area contributed by atoms with Crippen LogP contribution in [0, 0.1) is 5.41 Å². The first-order valence-electron chi connectivity index (χ1n) is 4.93. The van der Waals surface area contributed by atoms with Crippen LogP contribution in [0.1, 0.15) is 40.0 Å². The lowest BCUT2D eigenvalue weighted by molar-refractivity contribution is 0.171. The molecule has 0 aromatic heterocycles. The SMILES string of the molecule is CC(C)(C)C(CCCCBr)NC(=O)O. The maximum Gasteiger partial charge on any atom is 0.404 e. The van der Waals surface area contributed by atoms with Crippen molar-refractivity contribution < 1.29 is 9.90 Å². The molecule has 0 rings (SSSR count). The highest BCUT2D eigenvalue weighted by atomic mass is 79.9. The molecule has 1 amide bonds. The standard InChI is InChI=1S/C10H20BrNO2/c1-10(2,3)8(12-9(13)14)6-4-5-7-11/h8,12H,4-7H2,1-3H3,(H,13,14). The molecule has 2 N–H and O–H groups in total. The van der Waals surface area contributed by atoms with Crippen LogP contribution in [0.5, 0.6) is 0 Å². The van der Waals surface area contributed by atoms with E-state index in [1.807, 2.05) is 0 Å². The molecule has 84 valence electrons. The highest BCUT2D eigenvalue weighted by Gasteiger charge is 2.25. The molecular formula is C10H20BrNO2. The number of halogens is 1. The number of hydrogen-bond donors (Lipinski definition) is 2. The van der Waals surface area contributed by atoms with Crippen molar-refractivity contribution in [1.82, 2.24) is 5.32 Å². The fraction of sp³-hybridized carbons (Fsp3) is 0.900. The first-order chi connectivity index (χ1) is 6.38. The highest BCUT2D eigenvalue weighted by molar-refractivity contribution is 9.09. The van der Waals surface area contributed by atoms with E-state index >= 15 is 0 Å². The van der Waals surface area contributed by atoms with Gasteiger partial charge in [-0.15, -0.1) is 0 Å². The van der Waals surface area contributed by atoms with Gasteiger partial charge in [0.05, 0.1) is 0 Å². The van der Waals surface area contributed by atoms with Crippen LogP contribution in [-0.2, 0) is 0 Å². The Balaban J connectivity index is 4.05. The summed E-state index contributed by atoms with van der Waals surface area (Å²) in [5.74, 6) is 0. The van der Waals surface area contributed by atoms with Crippen LogP contribution < -0.4 is 5.32 Å². The monoisotopic (exact) mass is 265 g/mol. The molecule has 0 heterocycles. The van der Waals surface area contributed by atoms with Crippen molar-refractivity contribution in [2.75, 3.05) is 5.33 Å². The third kappa shape index (κ3) is 6.24. The van der Waals surface area contributed by atoms with Crippen molar-refractivity contribution in [3.05, 3.63) is 0 Å². The van der Waals surface area contributed by atoms with E-state index in [1.54, 1.807) is 0 Å². The number of carboxylic acid groups (broad SMARTS) is 1. The zero-order valence-electron chi connectivity index (χ0n) is 9.14. The topological polar surface area (TPSA) is 49.3 Å². The van der Waals surface area contributed by atoms with Gasteiger partial charge in [0.2, 0.25) is 0 Å². The predicted octanol–water partition coefficient (Wildman–Crippen LogP) is 3.23. The molecule has 0 aliphatic carbocycles. The van der Waals surface area contributed by atoms with Crippen molar-refractivity contribution in [3.8, 4) is 0 Å². The summed E-state index contributed by atoms with van der Waals surface area (Å²) in [6.07, 6.45) is 2.12. The third-order valence-corrected chi connectivity index (χ3v) is 2.78. The fourth-order valence-electron chi connectivity index (χ4n) is 1.31. The summed E-state index contributed by atoms with van der Waals surface area (Å²) in [4.78, 5) is 10.6. The maximum atomic E-state index is 10.6. The fourth-order valence-corrected chi connectivity index (χ4v) is 1.71. The van der Waals surface area contributed by atoms with Crippen molar-refractivity contribution >= 4 is 22.0 Å². The van der Waals surface area contributed by atoms with Gasteiger partial charge in [-0.2, -0.15) is 0 Å². The van der Waals surface area contributed by atoms with E-state index < -0.39 is 6.09 Å². The van der Waals surface area contributed by atoms with Gasteiger partial charge in [-0.05, 0) is 18.3 Å². The summed E-state index contributed by atoms with van der Waals surface area (Å²) in [7, 11) is 0. The number of alkyl halides is 1. The Labute approximate surface area is 94.4 Å². The quantitative estimate of drug-likeness (QED) is 0.593. The molecule has 0 aliphatic rings. The zero-order chi connectivity index (χ0) is 11.2. The minimum Gasteiger partial charge on any atom is -0.465 e. The number of rotatable bonds is 5. The molecule has 14 heavy (non-hydrogen) atoms. The first-order valence-corrected chi connectivity index (χ1v) is 6.05. The van der Waals surface area contributed by atoms with Crippen LogP contribution in [0.15, 0.2) is 0 Å². The smallest absolute Gasteiger partial charge is 0.404 e. The van der Waals surface area contributed by atoms with Gasteiger partial charge in [-0.25, -0.2) is 4.79 Å². The Kier molecular flexibility index (Phi) is 6.16. The highest BCUT2D eigenvalue weighted by Crippen LogP contribution is 2.23. The zero-order valence-corrected chi connectivity index (χ0v) is 10.7. The van der Waals surface area contributed by atoms with Crippen molar-refractivity contribution in [2.24, 2.45) is 5.41 Å². The van der Waals surface area contributed by atoms with Gasteiger partial charge in [-0.1, -0.05) is 43.1 Å². The average Bonchev–Trinajstić information content (AvgIpc) is 2.00. The van der Waals surface area contributed by atoms with Gasteiger partial charge < -0.3 is 10.4 Å². The summed E-state index contributed by atoms with van der Waals surface area (Å²) in [5.41, 5.74) is -0.00922. The van der Waals surface area contributed by atoms with Gasteiger partial charge >= 0.3 is 6.09 Å². The summed E-state index contributed by atoms with van der Waals surface area (Å²) < 4.78 is 0. The Hall–Kier alpha value is -0.250. The van der Waals surface area contributed by atoms with Crippen LogP contribution >= 0.6 is 15.9 Å². The molecule has 0 spiro atoms. The van der Waals surface area contributed by atoms with Crippen LogP contribution in [0.4, 0.5) is 4.79 Å². The third-order valence-electron chi connectivity index (χ3n) is 2.22. The van der Waals surface area contributed by atoms with Crippen LogP contribution in [0.3, 0.4) is 0 Å². The molecule has 4 heteroatoms. The Morgan fingerprint density at radius 3 is 2.36 bits per heavy atom. The molecule has 0 saturated carbocycles. The molecule has 1 atom stereocenters. The molecule has 0 aliphatic heterocycles. The summed E-state index contributed by atoms with van der Waals surface area (Å²) in [6, 6.07) is 0.0408. The number of amides is 1. The molecule has 0 radical (unpaired) electrons. The molecule has 0 fully saturated rings. The van der Waals surface area contributed by atoms with E-state index in [0.717, 1.165) is 24.6 Å². The van der Waals surface area contributed by atoms with E-state index in [-0.39, 0.29) is 11.5 Å². The summed E-state index contributed by atoms with van der Waals surface area (Å²) >= 11 is 3.36. The number of unbranched alkanes of at least 4 members (excludes halogenated alkanes) is 1. The Bertz CT molecular complexity index is 177. The van der Waals surface area contributed by atoms with E-state index in [4.69, 9.17) is 5.11 Å². The van der Waals surface area contributed by atoms with Crippen LogP contribution in [0.25, 0.3) is 0 Å². The summed E-state index contributed by atoms with van der Waals surface area (Å²) in [6.45, 7) is 6.17. The van der Waals surface area contributed by atoms with Crippen LogP contribution in [-0.4, -0.2) is 22.6 Å². The minimum absolute atomic E-state index is 0.00922. The minimum atomic E-state index is -0.927. The molecule has 3 nitrogen and oxygen atoms in total. The molecule has 0 aromatic rings. The van der Waals surface area contributed by atoms with E-state index in [9.17, 15) is 4.79 Å². The Morgan fingerprint density at radius 1 is 1.43 bits per heavy atom. The second-order valence-electron chi connectivity index (χ2n) is 4.55. The summed E-state index contributed by atoms with van der Waals surface area (Å²) in [5, 5.41) is 12.2. The lowest BCUT2D eigenvalue weighted by Crippen LogP contribution is -2.43. The lowest BCUT2D eigenvalue weighted by atomic mass is 9.84. The molecule has 0 aromatic carbocycles. The molecule has 0 saturated heterocycles. The van der Waals surface area contributed by atoms with Gasteiger partial charge in [0.1, 0.15) is 0 Å². The number of hydrogen-bond acceptors (Lipinski definition) is 1. The van der Waals surface area contributed by atoms with Crippen molar-refractivity contribution in [3.63, 3.8) is 0 Å². The van der Waals surface area contributed by atoms with E-state index in [2.05, 4.69) is 42.0 Å². The van der Waals surface area contributed by atoms with Crippen molar-refractivity contribution in [1.29, 1.82) is 0 Å². The van der Waals surface area contributed by atoms with Gasteiger partial charge in [0.15, 0.2) is 0 Å². The predicted molar refractivity (Wildman–Crippen MR) is 62.0 cm³/mol. The van der Waals surface area contributed by atoms with Gasteiger partial charge in [-0.3, -0.25) is 0 Å². The number of carbonyl (C=O) groups is 1. The number of nitrogens with one attached hydrogen (secondary N) is 1. The Morgan fingerprint density at radius 2 is 2.00 bits per heavy atom. The van der Waals surface area contributed by atoms with Crippen molar-refractivity contribution in [2.45, 2.75) is 46.1 Å². The van der Waals surface area contributed by atoms with Gasteiger partial charge in [0.25, 0.3) is 0 Å².